The van der Waals surface area contributed by atoms with E-state index in [0.717, 1.165) is 6.42 Å². The molecule has 2 unspecified atom stereocenters. The van der Waals surface area contributed by atoms with Gasteiger partial charge in [0.1, 0.15) is 0 Å². The Morgan fingerprint density at radius 3 is 2.79 bits per heavy atom. The molecular formula is C13H22N2O3S. The van der Waals surface area contributed by atoms with Crippen molar-refractivity contribution in [1.29, 1.82) is 0 Å². The maximum absolute atomic E-state index is 12.1. The molecule has 0 aliphatic heterocycles. The third-order valence-corrected chi connectivity index (χ3v) is 5.42. The highest BCUT2D eigenvalue weighted by Crippen LogP contribution is 2.29. The molecule has 1 aliphatic carbocycles. The topological polar surface area (TPSA) is 82.2 Å². The summed E-state index contributed by atoms with van der Waals surface area (Å²) in [5, 5.41) is 8.94. The normalized spacial score (nSPS) is 24.5. The van der Waals surface area contributed by atoms with Crippen LogP contribution < -0.4 is 4.72 Å². The quantitative estimate of drug-likeness (QED) is 0.769. The SMILES string of the molecule is CC1CCCCC1CNS(=O)(=O)c1c[nH]c(CO)c1. The summed E-state index contributed by atoms with van der Waals surface area (Å²) < 4.78 is 26.9. The van der Waals surface area contributed by atoms with E-state index in [-0.39, 0.29) is 11.5 Å². The Balaban J connectivity index is 1.97. The molecule has 0 radical (unpaired) electrons. The lowest BCUT2D eigenvalue weighted by Crippen LogP contribution is -2.33. The molecule has 5 nitrogen and oxygen atoms in total. The summed E-state index contributed by atoms with van der Waals surface area (Å²) in [6.07, 6.45) is 6.14. The predicted octanol–water partition coefficient (Wildman–Crippen LogP) is 1.61. The van der Waals surface area contributed by atoms with Crippen molar-refractivity contribution in [3.63, 3.8) is 0 Å². The third-order valence-electron chi connectivity index (χ3n) is 4.02. The second-order valence-electron chi connectivity index (χ2n) is 5.39. The number of aliphatic hydroxyl groups is 1. The number of nitrogens with one attached hydrogen (secondary N) is 2. The molecule has 1 fully saturated rings. The van der Waals surface area contributed by atoms with E-state index >= 15 is 0 Å². The van der Waals surface area contributed by atoms with Crippen LogP contribution >= 0.6 is 0 Å². The number of hydrogen-bond donors (Lipinski definition) is 3. The van der Waals surface area contributed by atoms with Crippen LogP contribution in [0.4, 0.5) is 0 Å². The number of rotatable bonds is 5. The monoisotopic (exact) mass is 286 g/mol. The molecule has 1 aromatic rings. The van der Waals surface area contributed by atoms with Crippen LogP contribution in [0.25, 0.3) is 0 Å². The number of aliphatic hydroxyl groups excluding tert-OH is 1. The average Bonchev–Trinajstić information content (AvgIpc) is 2.87. The van der Waals surface area contributed by atoms with Crippen molar-refractivity contribution < 1.29 is 13.5 Å². The van der Waals surface area contributed by atoms with Crippen molar-refractivity contribution in [3.05, 3.63) is 18.0 Å². The Labute approximate surface area is 114 Å². The summed E-state index contributed by atoms with van der Waals surface area (Å²) >= 11 is 0. The van der Waals surface area contributed by atoms with Crippen LogP contribution in [0.2, 0.25) is 0 Å². The average molecular weight is 286 g/mol. The van der Waals surface area contributed by atoms with Gasteiger partial charge in [-0.1, -0.05) is 26.2 Å². The van der Waals surface area contributed by atoms with Crippen molar-refractivity contribution in [2.45, 2.75) is 44.1 Å². The van der Waals surface area contributed by atoms with Crippen molar-refractivity contribution in [2.75, 3.05) is 6.54 Å². The summed E-state index contributed by atoms with van der Waals surface area (Å²) in [4.78, 5) is 2.93. The van der Waals surface area contributed by atoms with Gasteiger partial charge in [0.05, 0.1) is 11.5 Å². The summed E-state index contributed by atoms with van der Waals surface area (Å²) in [5.74, 6) is 1.01. The first-order valence-corrected chi connectivity index (χ1v) is 8.29. The lowest BCUT2D eigenvalue weighted by atomic mass is 9.81. The van der Waals surface area contributed by atoms with Gasteiger partial charge < -0.3 is 10.1 Å². The fraction of sp³-hybridized carbons (Fsp3) is 0.692. The van der Waals surface area contributed by atoms with Gasteiger partial charge in [0.15, 0.2) is 0 Å². The van der Waals surface area contributed by atoms with Gasteiger partial charge >= 0.3 is 0 Å². The van der Waals surface area contributed by atoms with E-state index < -0.39 is 10.0 Å². The van der Waals surface area contributed by atoms with Crippen LogP contribution in [0, 0.1) is 11.8 Å². The first kappa shape index (κ1) is 14.6. The summed E-state index contributed by atoms with van der Waals surface area (Å²) in [6, 6.07) is 1.46. The van der Waals surface area contributed by atoms with Crippen molar-refractivity contribution in [2.24, 2.45) is 11.8 Å². The fourth-order valence-electron chi connectivity index (χ4n) is 2.66. The second kappa shape index (κ2) is 6.07. The van der Waals surface area contributed by atoms with Crippen molar-refractivity contribution >= 4 is 10.0 Å². The third kappa shape index (κ3) is 3.58. The van der Waals surface area contributed by atoms with E-state index in [4.69, 9.17) is 5.11 Å². The van der Waals surface area contributed by atoms with Gasteiger partial charge in [0, 0.05) is 18.4 Å². The van der Waals surface area contributed by atoms with Crippen LogP contribution in [-0.4, -0.2) is 25.1 Å². The minimum absolute atomic E-state index is 0.185. The summed E-state index contributed by atoms with van der Waals surface area (Å²) in [7, 11) is -3.46. The molecule has 108 valence electrons. The van der Waals surface area contributed by atoms with E-state index in [1.54, 1.807) is 0 Å². The molecular weight excluding hydrogens is 264 g/mol. The van der Waals surface area contributed by atoms with Gasteiger partial charge in [-0.2, -0.15) is 0 Å². The number of aromatic amines is 1. The van der Waals surface area contributed by atoms with Crippen LogP contribution in [-0.2, 0) is 16.6 Å². The molecule has 0 saturated heterocycles. The molecule has 2 rings (SSSR count). The summed E-state index contributed by atoms with van der Waals surface area (Å²) in [6.45, 7) is 2.51. The maximum Gasteiger partial charge on any atom is 0.242 e. The number of H-pyrrole nitrogens is 1. The van der Waals surface area contributed by atoms with Crippen LogP contribution in [0.1, 0.15) is 38.3 Å². The van der Waals surface area contributed by atoms with Gasteiger partial charge in [-0.05, 0) is 24.3 Å². The van der Waals surface area contributed by atoms with E-state index in [1.807, 2.05) is 0 Å². The molecule has 1 heterocycles. The fourth-order valence-corrected chi connectivity index (χ4v) is 3.77. The molecule has 1 saturated carbocycles. The molecule has 1 aliphatic rings. The lowest BCUT2D eigenvalue weighted by molar-refractivity contribution is 0.257. The molecule has 0 spiro atoms. The molecule has 19 heavy (non-hydrogen) atoms. The van der Waals surface area contributed by atoms with Gasteiger partial charge in [0.2, 0.25) is 10.0 Å². The minimum atomic E-state index is -3.46. The van der Waals surface area contributed by atoms with Gasteiger partial charge in [-0.3, -0.25) is 0 Å². The smallest absolute Gasteiger partial charge is 0.242 e. The maximum atomic E-state index is 12.1. The second-order valence-corrected chi connectivity index (χ2v) is 7.16. The lowest BCUT2D eigenvalue weighted by Gasteiger charge is -2.28. The number of aromatic nitrogens is 1. The molecule has 1 aromatic heterocycles. The Bertz CT molecular complexity index is 510. The summed E-state index contributed by atoms with van der Waals surface area (Å²) in [5.41, 5.74) is 0.506. The Hall–Kier alpha value is -0.850. The van der Waals surface area contributed by atoms with Crippen molar-refractivity contribution in [1.82, 2.24) is 9.71 Å². The Morgan fingerprint density at radius 2 is 2.16 bits per heavy atom. The van der Waals surface area contributed by atoms with Crippen LogP contribution in [0.15, 0.2) is 17.2 Å². The van der Waals surface area contributed by atoms with Gasteiger partial charge in [0.25, 0.3) is 0 Å². The molecule has 0 aromatic carbocycles. The molecule has 2 atom stereocenters. The number of sulfonamides is 1. The highest BCUT2D eigenvalue weighted by atomic mass is 32.2. The highest BCUT2D eigenvalue weighted by Gasteiger charge is 2.24. The standard InChI is InChI=1S/C13H22N2O3S/c1-10-4-2-3-5-11(10)7-15-19(17,18)13-6-12(9-16)14-8-13/h6,8,10-11,14-16H,2-5,7,9H2,1H3. The number of hydrogen-bond acceptors (Lipinski definition) is 3. The molecule has 3 N–H and O–H groups in total. The van der Waals surface area contributed by atoms with Gasteiger partial charge in [-0.15, -0.1) is 0 Å². The first-order chi connectivity index (χ1) is 9.03. The van der Waals surface area contributed by atoms with E-state index in [1.165, 1.54) is 31.5 Å². The Morgan fingerprint density at radius 1 is 1.42 bits per heavy atom. The largest absolute Gasteiger partial charge is 0.390 e. The van der Waals surface area contributed by atoms with E-state index in [0.29, 0.717) is 24.1 Å². The first-order valence-electron chi connectivity index (χ1n) is 6.81. The minimum Gasteiger partial charge on any atom is -0.390 e. The zero-order valence-electron chi connectivity index (χ0n) is 11.2. The van der Waals surface area contributed by atoms with Crippen molar-refractivity contribution in [3.8, 4) is 0 Å². The van der Waals surface area contributed by atoms with Gasteiger partial charge in [-0.25, -0.2) is 13.1 Å². The Kier molecular flexibility index (Phi) is 4.65. The highest BCUT2D eigenvalue weighted by molar-refractivity contribution is 7.89. The van der Waals surface area contributed by atoms with E-state index in [2.05, 4.69) is 16.6 Å². The zero-order chi connectivity index (χ0) is 13.9. The van der Waals surface area contributed by atoms with E-state index in [9.17, 15) is 8.42 Å². The molecule has 0 amide bonds. The van der Waals surface area contributed by atoms with Crippen LogP contribution in [0.5, 0.6) is 0 Å². The molecule has 6 heteroatoms. The van der Waals surface area contributed by atoms with Crippen LogP contribution in [0.3, 0.4) is 0 Å². The molecule has 0 bridgehead atoms. The predicted molar refractivity (Wildman–Crippen MR) is 73.0 cm³/mol. The zero-order valence-corrected chi connectivity index (χ0v) is 12.0.